The zero-order valence-electron chi connectivity index (χ0n) is 16.4. The molecule has 0 unspecified atom stereocenters. The molecule has 5 heteroatoms. The molecular formula is C22H30N4O. The predicted octanol–water partition coefficient (Wildman–Crippen LogP) is 4.34. The van der Waals surface area contributed by atoms with Crippen LogP contribution in [0.15, 0.2) is 42.7 Å². The Morgan fingerprint density at radius 3 is 2.37 bits per heavy atom. The van der Waals surface area contributed by atoms with Crippen molar-refractivity contribution in [3.63, 3.8) is 0 Å². The fourth-order valence-electron chi connectivity index (χ4n) is 3.58. The second-order valence-corrected chi connectivity index (χ2v) is 7.63. The number of anilines is 1. The summed E-state index contributed by atoms with van der Waals surface area (Å²) in [6.45, 7) is 5.04. The van der Waals surface area contributed by atoms with E-state index < -0.39 is 0 Å². The van der Waals surface area contributed by atoms with Gasteiger partial charge in [0, 0.05) is 18.6 Å². The average molecular weight is 367 g/mol. The molecule has 0 bridgehead atoms. The first kappa shape index (κ1) is 19.3. The van der Waals surface area contributed by atoms with Crippen LogP contribution in [0, 0.1) is 0 Å². The first-order chi connectivity index (χ1) is 13.1. The van der Waals surface area contributed by atoms with Crippen LogP contribution in [0.3, 0.4) is 0 Å². The summed E-state index contributed by atoms with van der Waals surface area (Å²) >= 11 is 0. The molecule has 0 saturated heterocycles. The van der Waals surface area contributed by atoms with Gasteiger partial charge in [0.1, 0.15) is 11.5 Å². The molecule has 1 N–H and O–H groups in total. The monoisotopic (exact) mass is 366 g/mol. The lowest BCUT2D eigenvalue weighted by Gasteiger charge is -2.27. The molecule has 1 heterocycles. The minimum absolute atomic E-state index is 0.111. The Hall–Kier alpha value is -2.43. The van der Waals surface area contributed by atoms with Crippen LogP contribution in [0.25, 0.3) is 0 Å². The van der Waals surface area contributed by atoms with Crippen molar-refractivity contribution in [2.24, 2.45) is 0 Å². The van der Waals surface area contributed by atoms with Crippen LogP contribution in [0.1, 0.15) is 68.4 Å². The molecule has 5 nitrogen and oxygen atoms in total. The molecule has 2 aromatic rings. The molecule has 0 atom stereocenters. The number of nitrogens with one attached hydrogen (secondary N) is 1. The maximum Gasteiger partial charge on any atom is 0.271 e. The largest absolute Gasteiger partial charge is 0.349 e. The van der Waals surface area contributed by atoms with Crippen molar-refractivity contribution in [3.8, 4) is 0 Å². The molecule has 1 fully saturated rings. The van der Waals surface area contributed by atoms with Gasteiger partial charge in [-0.15, -0.1) is 0 Å². The van der Waals surface area contributed by atoms with E-state index in [1.165, 1.54) is 31.2 Å². The van der Waals surface area contributed by atoms with E-state index >= 15 is 0 Å². The molecule has 1 aliphatic carbocycles. The maximum atomic E-state index is 12.5. The Kier molecular flexibility index (Phi) is 6.80. The fourth-order valence-corrected chi connectivity index (χ4v) is 3.58. The van der Waals surface area contributed by atoms with E-state index in [0.717, 1.165) is 25.2 Å². The minimum atomic E-state index is -0.111. The summed E-state index contributed by atoms with van der Waals surface area (Å²) in [5.74, 6) is 0.681. The van der Waals surface area contributed by atoms with E-state index in [1.807, 2.05) is 18.2 Å². The zero-order valence-corrected chi connectivity index (χ0v) is 16.4. The fraction of sp³-hybridized carbons (Fsp3) is 0.500. The lowest BCUT2D eigenvalue weighted by atomic mass is 10.1. The van der Waals surface area contributed by atoms with Crippen LogP contribution in [-0.4, -0.2) is 28.0 Å². The normalized spacial score (nSPS) is 15.4. The number of carbonyl (C=O) groups excluding carboxylic acids is 1. The summed E-state index contributed by atoms with van der Waals surface area (Å²) in [7, 11) is 0. The van der Waals surface area contributed by atoms with Crippen molar-refractivity contribution in [1.82, 2.24) is 15.3 Å². The van der Waals surface area contributed by atoms with E-state index in [1.54, 1.807) is 12.4 Å². The van der Waals surface area contributed by atoms with Gasteiger partial charge in [-0.3, -0.25) is 4.79 Å². The van der Waals surface area contributed by atoms with Gasteiger partial charge < -0.3 is 10.2 Å². The predicted molar refractivity (Wildman–Crippen MR) is 109 cm³/mol. The Morgan fingerprint density at radius 1 is 1.07 bits per heavy atom. The molecule has 144 valence electrons. The smallest absolute Gasteiger partial charge is 0.271 e. The SMILES string of the molecule is CC(C)N(Cc1ccccc1)c1cnc(C(=O)NC2CCCCCC2)cn1. The van der Waals surface area contributed by atoms with Crippen LogP contribution in [0.4, 0.5) is 5.82 Å². The third-order valence-electron chi connectivity index (χ3n) is 5.17. The Morgan fingerprint density at radius 2 is 1.78 bits per heavy atom. The maximum absolute atomic E-state index is 12.5. The second-order valence-electron chi connectivity index (χ2n) is 7.63. The van der Waals surface area contributed by atoms with Gasteiger partial charge in [-0.05, 0) is 32.3 Å². The standard InChI is InChI=1S/C22H30N4O/c1-17(2)26(16-18-10-6-5-7-11-18)21-15-23-20(14-24-21)22(27)25-19-12-8-3-4-9-13-19/h5-7,10-11,14-15,17,19H,3-4,8-9,12-13,16H2,1-2H3,(H,25,27). The first-order valence-corrected chi connectivity index (χ1v) is 10.1. The molecule has 3 rings (SSSR count). The number of carbonyl (C=O) groups is 1. The number of hydrogen-bond donors (Lipinski definition) is 1. The highest BCUT2D eigenvalue weighted by atomic mass is 16.1. The highest BCUT2D eigenvalue weighted by molar-refractivity contribution is 5.92. The van der Waals surface area contributed by atoms with Crippen molar-refractivity contribution < 1.29 is 4.79 Å². The molecule has 1 amide bonds. The number of aromatic nitrogens is 2. The first-order valence-electron chi connectivity index (χ1n) is 10.1. The van der Waals surface area contributed by atoms with Crippen molar-refractivity contribution in [3.05, 3.63) is 54.0 Å². The molecule has 1 aromatic carbocycles. The summed E-state index contributed by atoms with van der Waals surface area (Å²) < 4.78 is 0. The van der Waals surface area contributed by atoms with Gasteiger partial charge in [-0.25, -0.2) is 9.97 Å². The van der Waals surface area contributed by atoms with Gasteiger partial charge in [0.05, 0.1) is 12.4 Å². The van der Waals surface area contributed by atoms with E-state index in [-0.39, 0.29) is 18.0 Å². The number of rotatable bonds is 6. The van der Waals surface area contributed by atoms with Crippen LogP contribution in [0.5, 0.6) is 0 Å². The van der Waals surface area contributed by atoms with Crippen LogP contribution >= 0.6 is 0 Å². The highest BCUT2D eigenvalue weighted by Gasteiger charge is 2.18. The summed E-state index contributed by atoms with van der Waals surface area (Å²) in [6, 6.07) is 10.9. The quantitative estimate of drug-likeness (QED) is 0.773. The molecular weight excluding hydrogens is 336 g/mol. The van der Waals surface area contributed by atoms with Gasteiger partial charge in [0.25, 0.3) is 5.91 Å². The van der Waals surface area contributed by atoms with Crippen molar-refractivity contribution in [2.45, 2.75) is 71.0 Å². The van der Waals surface area contributed by atoms with Crippen molar-refractivity contribution in [2.75, 3.05) is 4.90 Å². The molecule has 0 radical (unpaired) electrons. The second kappa shape index (κ2) is 9.49. The summed E-state index contributed by atoms with van der Waals surface area (Å²) in [4.78, 5) is 23.6. The Labute approximate surface area is 162 Å². The molecule has 27 heavy (non-hydrogen) atoms. The Bertz CT molecular complexity index is 707. The highest BCUT2D eigenvalue weighted by Crippen LogP contribution is 2.19. The van der Waals surface area contributed by atoms with E-state index in [2.05, 4.69) is 46.2 Å². The average Bonchev–Trinajstić information content (AvgIpc) is 2.95. The summed E-state index contributed by atoms with van der Waals surface area (Å²) in [5.41, 5.74) is 1.62. The zero-order chi connectivity index (χ0) is 19.1. The van der Waals surface area contributed by atoms with Gasteiger partial charge in [0.2, 0.25) is 0 Å². The Balaban J connectivity index is 1.66. The van der Waals surface area contributed by atoms with Crippen molar-refractivity contribution >= 4 is 11.7 Å². The third-order valence-corrected chi connectivity index (χ3v) is 5.17. The molecule has 0 spiro atoms. The number of amides is 1. The lowest BCUT2D eigenvalue weighted by molar-refractivity contribution is 0.0928. The summed E-state index contributed by atoms with van der Waals surface area (Å²) in [5, 5.41) is 3.13. The van der Waals surface area contributed by atoms with Gasteiger partial charge in [-0.1, -0.05) is 56.0 Å². The third kappa shape index (κ3) is 5.52. The molecule has 1 aromatic heterocycles. The van der Waals surface area contributed by atoms with Gasteiger partial charge in [0.15, 0.2) is 0 Å². The topological polar surface area (TPSA) is 58.1 Å². The van der Waals surface area contributed by atoms with Crippen LogP contribution in [-0.2, 0) is 6.54 Å². The lowest BCUT2D eigenvalue weighted by Crippen LogP contribution is -2.35. The minimum Gasteiger partial charge on any atom is -0.349 e. The number of nitrogens with zero attached hydrogens (tertiary/aromatic N) is 3. The molecule has 1 aliphatic rings. The number of benzene rings is 1. The van der Waals surface area contributed by atoms with E-state index in [9.17, 15) is 4.79 Å². The van der Waals surface area contributed by atoms with E-state index in [4.69, 9.17) is 0 Å². The van der Waals surface area contributed by atoms with E-state index in [0.29, 0.717) is 5.69 Å². The molecule has 1 saturated carbocycles. The van der Waals surface area contributed by atoms with Gasteiger partial charge in [-0.2, -0.15) is 0 Å². The van der Waals surface area contributed by atoms with Crippen LogP contribution < -0.4 is 10.2 Å². The summed E-state index contributed by atoms with van der Waals surface area (Å²) in [6.07, 6.45) is 10.4. The molecule has 0 aliphatic heterocycles. The van der Waals surface area contributed by atoms with Crippen LogP contribution in [0.2, 0.25) is 0 Å². The van der Waals surface area contributed by atoms with Gasteiger partial charge >= 0.3 is 0 Å². The van der Waals surface area contributed by atoms with Crippen molar-refractivity contribution in [1.29, 1.82) is 0 Å². The number of hydrogen-bond acceptors (Lipinski definition) is 4.